The SMILES string of the molecule is Cc1ccc(CCOc2ccc(C)cc2)cc1. The third-order valence-corrected chi connectivity index (χ3v) is 2.80. The van der Waals surface area contributed by atoms with Crippen molar-refractivity contribution in [2.75, 3.05) is 6.61 Å². The van der Waals surface area contributed by atoms with Gasteiger partial charge in [0.15, 0.2) is 0 Å². The van der Waals surface area contributed by atoms with Crippen molar-refractivity contribution < 1.29 is 4.74 Å². The quantitative estimate of drug-likeness (QED) is 0.767. The van der Waals surface area contributed by atoms with E-state index in [4.69, 9.17) is 4.74 Å². The van der Waals surface area contributed by atoms with E-state index in [1.807, 2.05) is 12.1 Å². The molecular formula is C16H18O. The molecule has 0 aromatic heterocycles. The van der Waals surface area contributed by atoms with Crippen LogP contribution in [0.15, 0.2) is 48.5 Å². The Morgan fingerprint density at radius 1 is 0.765 bits per heavy atom. The van der Waals surface area contributed by atoms with Gasteiger partial charge in [0.05, 0.1) is 6.61 Å². The van der Waals surface area contributed by atoms with Gasteiger partial charge < -0.3 is 4.74 Å². The Morgan fingerprint density at radius 3 is 1.88 bits per heavy atom. The lowest BCUT2D eigenvalue weighted by molar-refractivity contribution is 0.322. The van der Waals surface area contributed by atoms with E-state index in [2.05, 4.69) is 50.2 Å². The molecule has 0 saturated carbocycles. The molecule has 0 bridgehead atoms. The summed E-state index contributed by atoms with van der Waals surface area (Å²) in [6.45, 7) is 4.91. The molecule has 0 saturated heterocycles. The third kappa shape index (κ3) is 3.63. The number of benzene rings is 2. The molecule has 2 rings (SSSR count). The maximum absolute atomic E-state index is 5.70. The lowest BCUT2D eigenvalue weighted by Gasteiger charge is -2.06. The number of rotatable bonds is 4. The predicted molar refractivity (Wildman–Crippen MR) is 71.6 cm³/mol. The zero-order chi connectivity index (χ0) is 12.1. The summed E-state index contributed by atoms with van der Waals surface area (Å²) in [6, 6.07) is 16.8. The minimum Gasteiger partial charge on any atom is -0.493 e. The molecule has 1 nitrogen and oxygen atoms in total. The van der Waals surface area contributed by atoms with Gasteiger partial charge in [0.25, 0.3) is 0 Å². The number of ether oxygens (including phenoxy) is 1. The summed E-state index contributed by atoms with van der Waals surface area (Å²) in [4.78, 5) is 0. The molecule has 2 aromatic rings. The summed E-state index contributed by atoms with van der Waals surface area (Å²) in [5.74, 6) is 0.947. The van der Waals surface area contributed by atoms with Crippen LogP contribution in [0.3, 0.4) is 0 Å². The van der Waals surface area contributed by atoms with Gasteiger partial charge in [0, 0.05) is 6.42 Å². The molecule has 0 radical (unpaired) electrons. The molecule has 0 heterocycles. The second-order valence-corrected chi connectivity index (χ2v) is 4.40. The Labute approximate surface area is 103 Å². The smallest absolute Gasteiger partial charge is 0.119 e. The van der Waals surface area contributed by atoms with Crippen LogP contribution in [-0.4, -0.2) is 6.61 Å². The summed E-state index contributed by atoms with van der Waals surface area (Å²) >= 11 is 0. The Kier molecular flexibility index (Phi) is 3.81. The summed E-state index contributed by atoms with van der Waals surface area (Å²) in [5.41, 5.74) is 3.88. The standard InChI is InChI=1S/C16H18O/c1-13-3-7-15(8-4-13)11-12-17-16-9-5-14(2)6-10-16/h3-10H,11-12H2,1-2H3. The van der Waals surface area contributed by atoms with Crippen molar-refractivity contribution >= 4 is 0 Å². The normalized spacial score (nSPS) is 10.2. The Bertz CT molecular complexity index is 408. The summed E-state index contributed by atoms with van der Waals surface area (Å²) in [6.07, 6.45) is 0.953. The number of hydrogen-bond donors (Lipinski definition) is 0. The Balaban J connectivity index is 1.83. The van der Waals surface area contributed by atoms with Gasteiger partial charge in [-0.25, -0.2) is 0 Å². The van der Waals surface area contributed by atoms with E-state index in [-0.39, 0.29) is 0 Å². The first-order chi connectivity index (χ1) is 8.24. The van der Waals surface area contributed by atoms with Gasteiger partial charge in [-0.2, -0.15) is 0 Å². The number of aryl methyl sites for hydroxylation is 2. The minimum absolute atomic E-state index is 0.728. The first-order valence-electron chi connectivity index (χ1n) is 5.99. The Morgan fingerprint density at radius 2 is 1.29 bits per heavy atom. The highest BCUT2D eigenvalue weighted by molar-refractivity contribution is 5.26. The van der Waals surface area contributed by atoms with Crippen molar-refractivity contribution in [3.63, 3.8) is 0 Å². The fourth-order valence-corrected chi connectivity index (χ4v) is 1.68. The molecule has 0 aliphatic carbocycles. The van der Waals surface area contributed by atoms with E-state index in [1.165, 1.54) is 16.7 Å². The topological polar surface area (TPSA) is 9.23 Å². The van der Waals surface area contributed by atoms with Crippen molar-refractivity contribution in [3.8, 4) is 5.75 Å². The van der Waals surface area contributed by atoms with Crippen LogP contribution in [0, 0.1) is 13.8 Å². The fourth-order valence-electron chi connectivity index (χ4n) is 1.68. The summed E-state index contributed by atoms with van der Waals surface area (Å²) in [5, 5.41) is 0. The molecule has 0 fully saturated rings. The van der Waals surface area contributed by atoms with Crippen LogP contribution in [0.2, 0.25) is 0 Å². The van der Waals surface area contributed by atoms with Crippen LogP contribution in [0.1, 0.15) is 16.7 Å². The Hall–Kier alpha value is -1.76. The highest BCUT2D eigenvalue weighted by Crippen LogP contribution is 2.12. The lowest BCUT2D eigenvalue weighted by atomic mass is 10.1. The molecular weight excluding hydrogens is 208 g/mol. The van der Waals surface area contributed by atoms with E-state index < -0.39 is 0 Å². The van der Waals surface area contributed by atoms with E-state index in [0.717, 1.165) is 18.8 Å². The monoisotopic (exact) mass is 226 g/mol. The maximum Gasteiger partial charge on any atom is 0.119 e. The molecule has 0 N–H and O–H groups in total. The van der Waals surface area contributed by atoms with Gasteiger partial charge >= 0.3 is 0 Å². The highest BCUT2D eigenvalue weighted by atomic mass is 16.5. The summed E-state index contributed by atoms with van der Waals surface area (Å²) < 4.78 is 5.70. The van der Waals surface area contributed by atoms with Crippen LogP contribution in [0.4, 0.5) is 0 Å². The van der Waals surface area contributed by atoms with Crippen molar-refractivity contribution in [1.29, 1.82) is 0 Å². The van der Waals surface area contributed by atoms with Crippen molar-refractivity contribution in [1.82, 2.24) is 0 Å². The van der Waals surface area contributed by atoms with Crippen LogP contribution in [0.25, 0.3) is 0 Å². The largest absolute Gasteiger partial charge is 0.493 e. The molecule has 0 aliphatic rings. The maximum atomic E-state index is 5.70. The zero-order valence-corrected chi connectivity index (χ0v) is 10.4. The second-order valence-electron chi connectivity index (χ2n) is 4.40. The third-order valence-electron chi connectivity index (χ3n) is 2.80. The van der Waals surface area contributed by atoms with Crippen molar-refractivity contribution in [2.24, 2.45) is 0 Å². The molecule has 0 unspecified atom stereocenters. The van der Waals surface area contributed by atoms with Gasteiger partial charge in [0.2, 0.25) is 0 Å². The molecule has 17 heavy (non-hydrogen) atoms. The van der Waals surface area contributed by atoms with E-state index in [0.29, 0.717) is 0 Å². The van der Waals surface area contributed by atoms with E-state index >= 15 is 0 Å². The molecule has 0 atom stereocenters. The second kappa shape index (κ2) is 5.53. The number of hydrogen-bond acceptors (Lipinski definition) is 1. The molecule has 0 aliphatic heterocycles. The first-order valence-corrected chi connectivity index (χ1v) is 5.99. The first kappa shape index (κ1) is 11.7. The van der Waals surface area contributed by atoms with Crippen LogP contribution >= 0.6 is 0 Å². The van der Waals surface area contributed by atoms with Gasteiger partial charge in [-0.05, 0) is 31.5 Å². The average Bonchev–Trinajstić information content (AvgIpc) is 2.34. The van der Waals surface area contributed by atoms with Crippen molar-refractivity contribution in [3.05, 3.63) is 65.2 Å². The van der Waals surface area contributed by atoms with Crippen LogP contribution in [-0.2, 0) is 6.42 Å². The van der Waals surface area contributed by atoms with E-state index in [9.17, 15) is 0 Å². The molecule has 88 valence electrons. The van der Waals surface area contributed by atoms with Gasteiger partial charge in [-0.3, -0.25) is 0 Å². The molecule has 2 aromatic carbocycles. The molecule has 0 amide bonds. The summed E-state index contributed by atoms with van der Waals surface area (Å²) in [7, 11) is 0. The minimum atomic E-state index is 0.728. The predicted octanol–water partition coefficient (Wildman–Crippen LogP) is 3.92. The molecule has 1 heteroatoms. The van der Waals surface area contributed by atoms with Crippen LogP contribution < -0.4 is 4.74 Å². The zero-order valence-electron chi connectivity index (χ0n) is 10.4. The highest BCUT2D eigenvalue weighted by Gasteiger charge is 1.95. The fraction of sp³-hybridized carbons (Fsp3) is 0.250. The van der Waals surface area contributed by atoms with Gasteiger partial charge in [0.1, 0.15) is 5.75 Å². The van der Waals surface area contributed by atoms with E-state index in [1.54, 1.807) is 0 Å². The van der Waals surface area contributed by atoms with Crippen molar-refractivity contribution in [2.45, 2.75) is 20.3 Å². The lowest BCUT2D eigenvalue weighted by Crippen LogP contribution is -2.01. The van der Waals surface area contributed by atoms with Gasteiger partial charge in [-0.15, -0.1) is 0 Å². The molecule has 0 spiro atoms. The average molecular weight is 226 g/mol. The van der Waals surface area contributed by atoms with Gasteiger partial charge in [-0.1, -0.05) is 47.5 Å². The van der Waals surface area contributed by atoms with Crippen LogP contribution in [0.5, 0.6) is 5.75 Å².